The summed E-state index contributed by atoms with van der Waals surface area (Å²) in [7, 11) is 0. The van der Waals surface area contributed by atoms with E-state index in [4.69, 9.17) is 66.3 Å². The van der Waals surface area contributed by atoms with E-state index in [0.717, 1.165) is 19.3 Å². The standard InChI is InChI=1S/C18H18Cl2FIN2O3.C17H16Cl2FIN2O3/c1-18(2,5-6-25)27-24-17(26)11-8-12(19)14(21)9-16(11)23-15-4-3-10(22)7-13(15)20;1-9(4-5-24)26-23-17(25)11-7-12(18)14(20)8-16(11)22-15-3-2-10(21)6-13(15)19/h3-4,7-9,23,25H,5-6H2,1-2H3,(H,24,26);2-3,6-9,22,24H,4-5H2,1H3,(H,23,25). The van der Waals surface area contributed by atoms with Crippen molar-refractivity contribution in [3.8, 4) is 0 Å². The molecular formula is C35H34Cl4F2I2N4O6. The second kappa shape index (κ2) is 21.2. The van der Waals surface area contributed by atoms with Gasteiger partial charge >= 0.3 is 0 Å². The Morgan fingerprint density at radius 2 is 1.17 bits per heavy atom. The SMILES string of the molecule is CC(C)(CCO)ONC(=O)c1cc(Cl)c(F)cc1Nc1ccc(I)cc1Cl.CC(CCO)ONC(=O)c1cc(Cl)c(F)cc1Nc1ccc(I)cc1Cl. The topological polar surface area (TPSA) is 141 Å². The van der Waals surface area contributed by atoms with Crippen LogP contribution in [0.3, 0.4) is 0 Å². The maximum Gasteiger partial charge on any atom is 0.277 e. The van der Waals surface area contributed by atoms with Crippen molar-refractivity contribution in [2.45, 2.75) is 45.3 Å². The molecule has 0 bridgehead atoms. The largest absolute Gasteiger partial charge is 0.396 e. The lowest BCUT2D eigenvalue weighted by atomic mass is 10.1. The van der Waals surface area contributed by atoms with Crippen LogP contribution < -0.4 is 21.6 Å². The predicted octanol–water partition coefficient (Wildman–Crippen LogP) is 10.2. The van der Waals surface area contributed by atoms with Crippen LogP contribution in [0.25, 0.3) is 0 Å². The second-order valence-corrected chi connectivity index (χ2v) is 15.9. The third-order valence-corrected chi connectivity index (χ3v) is 9.58. The smallest absolute Gasteiger partial charge is 0.277 e. The van der Waals surface area contributed by atoms with Gasteiger partial charge < -0.3 is 20.8 Å². The van der Waals surface area contributed by atoms with Crippen molar-refractivity contribution in [1.82, 2.24) is 11.0 Å². The number of halogens is 8. The van der Waals surface area contributed by atoms with Gasteiger partial charge in [0.25, 0.3) is 11.8 Å². The molecule has 18 heteroatoms. The zero-order valence-corrected chi connectivity index (χ0v) is 35.6. The van der Waals surface area contributed by atoms with Crippen LogP contribution in [0.15, 0.2) is 60.7 Å². The summed E-state index contributed by atoms with van der Waals surface area (Å²) in [6, 6.07) is 15.2. The Balaban J connectivity index is 0.000000286. The number of aliphatic hydroxyl groups excluding tert-OH is 2. The van der Waals surface area contributed by atoms with Crippen LogP contribution in [0, 0.1) is 18.8 Å². The van der Waals surface area contributed by atoms with E-state index >= 15 is 0 Å². The van der Waals surface area contributed by atoms with Gasteiger partial charge in [-0.05, 0) is 133 Å². The average Bonchev–Trinajstić information content (AvgIpc) is 3.08. The van der Waals surface area contributed by atoms with Gasteiger partial charge in [0.05, 0.1) is 65.7 Å². The summed E-state index contributed by atoms with van der Waals surface area (Å²) in [6.45, 7) is 4.96. The molecule has 0 aliphatic rings. The molecule has 286 valence electrons. The van der Waals surface area contributed by atoms with Crippen molar-refractivity contribution < 1.29 is 38.3 Å². The third kappa shape index (κ3) is 14.1. The maximum absolute atomic E-state index is 14.0. The maximum atomic E-state index is 14.0. The quantitative estimate of drug-likeness (QED) is 0.0542. The van der Waals surface area contributed by atoms with Crippen molar-refractivity contribution in [3.05, 3.63) is 111 Å². The minimum absolute atomic E-state index is 0.0719. The molecule has 0 saturated carbocycles. The van der Waals surface area contributed by atoms with Crippen molar-refractivity contribution in [3.63, 3.8) is 0 Å². The van der Waals surface area contributed by atoms with Crippen LogP contribution >= 0.6 is 91.6 Å². The highest BCUT2D eigenvalue weighted by molar-refractivity contribution is 14.1. The zero-order valence-electron chi connectivity index (χ0n) is 28.2. The van der Waals surface area contributed by atoms with E-state index < -0.39 is 29.0 Å². The van der Waals surface area contributed by atoms with Gasteiger partial charge in [0, 0.05) is 26.8 Å². The molecule has 2 amide bonds. The summed E-state index contributed by atoms with van der Waals surface area (Å²) in [6.07, 6.45) is 0.288. The summed E-state index contributed by atoms with van der Waals surface area (Å²) in [5.74, 6) is -2.59. The lowest BCUT2D eigenvalue weighted by molar-refractivity contribution is -0.0805. The molecule has 0 aliphatic carbocycles. The first-order chi connectivity index (χ1) is 24.9. The molecule has 10 nitrogen and oxygen atoms in total. The van der Waals surface area contributed by atoms with Gasteiger partial charge in [-0.2, -0.15) is 0 Å². The number of benzene rings is 4. The predicted molar refractivity (Wildman–Crippen MR) is 222 cm³/mol. The molecule has 0 fully saturated rings. The Hall–Kier alpha value is -2.26. The molecule has 0 spiro atoms. The highest BCUT2D eigenvalue weighted by Crippen LogP contribution is 2.33. The number of carbonyl (C=O) groups excluding carboxylic acids is 2. The number of hydroxylamine groups is 2. The number of rotatable bonds is 14. The van der Waals surface area contributed by atoms with Gasteiger partial charge in [-0.15, -0.1) is 0 Å². The highest BCUT2D eigenvalue weighted by atomic mass is 127. The molecule has 4 aromatic rings. The number of hydrogen-bond acceptors (Lipinski definition) is 8. The fraction of sp³-hybridized carbons (Fsp3) is 0.257. The van der Waals surface area contributed by atoms with Crippen LogP contribution in [0.2, 0.25) is 20.1 Å². The van der Waals surface area contributed by atoms with E-state index in [9.17, 15) is 18.4 Å². The van der Waals surface area contributed by atoms with Crippen LogP contribution in [0.5, 0.6) is 0 Å². The fourth-order valence-electron chi connectivity index (χ4n) is 4.16. The van der Waals surface area contributed by atoms with E-state index in [2.05, 4.69) is 66.8 Å². The molecule has 4 aromatic carbocycles. The molecule has 53 heavy (non-hydrogen) atoms. The minimum atomic E-state index is -0.777. The molecule has 0 aliphatic heterocycles. The van der Waals surface area contributed by atoms with E-state index in [0.29, 0.717) is 34.3 Å². The summed E-state index contributed by atoms with van der Waals surface area (Å²) in [5.41, 5.74) is 5.37. The lowest BCUT2D eigenvalue weighted by Crippen LogP contribution is -2.36. The molecule has 4 rings (SSSR count). The van der Waals surface area contributed by atoms with E-state index in [-0.39, 0.29) is 51.9 Å². The summed E-state index contributed by atoms with van der Waals surface area (Å²) in [4.78, 5) is 35.5. The first-order valence-corrected chi connectivity index (χ1v) is 19.2. The Morgan fingerprint density at radius 3 is 1.58 bits per heavy atom. The van der Waals surface area contributed by atoms with Gasteiger partial charge in [0.1, 0.15) is 11.6 Å². The lowest BCUT2D eigenvalue weighted by Gasteiger charge is -2.24. The number of carbonyl (C=O) groups is 2. The first-order valence-electron chi connectivity index (χ1n) is 15.5. The van der Waals surface area contributed by atoms with Gasteiger partial charge in [-0.3, -0.25) is 19.3 Å². The van der Waals surface area contributed by atoms with E-state index in [1.165, 1.54) is 12.1 Å². The molecule has 1 unspecified atom stereocenters. The molecule has 0 radical (unpaired) electrons. The van der Waals surface area contributed by atoms with E-state index in [1.807, 2.05) is 12.1 Å². The normalized spacial score (nSPS) is 11.6. The summed E-state index contributed by atoms with van der Waals surface area (Å²) >= 11 is 28.3. The second-order valence-electron chi connectivity index (χ2n) is 11.8. The number of anilines is 4. The van der Waals surface area contributed by atoms with Crippen LogP contribution in [0.1, 0.15) is 54.3 Å². The average molecular weight is 1040 g/mol. The molecule has 0 saturated heterocycles. The third-order valence-electron chi connectivity index (χ3n) is 7.03. The van der Waals surface area contributed by atoms with Crippen molar-refractivity contribution in [1.29, 1.82) is 0 Å². The molecule has 0 heterocycles. The summed E-state index contributed by atoms with van der Waals surface area (Å²) in [5, 5.41) is 24.2. The molecule has 6 N–H and O–H groups in total. The molecule has 0 aromatic heterocycles. The van der Waals surface area contributed by atoms with E-state index in [1.54, 1.807) is 45.0 Å². The number of nitrogens with one attached hydrogen (secondary N) is 4. The minimum Gasteiger partial charge on any atom is -0.396 e. The van der Waals surface area contributed by atoms with Gasteiger partial charge in [-0.1, -0.05) is 46.4 Å². The number of aliphatic hydroxyl groups is 2. The zero-order chi connectivity index (χ0) is 39.5. The Kier molecular flexibility index (Phi) is 18.0. The Labute approximate surface area is 352 Å². The Bertz CT molecular complexity index is 1930. The van der Waals surface area contributed by atoms with Gasteiger partial charge in [0.15, 0.2) is 0 Å². The van der Waals surface area contributed by atoms with Crippen molar-refractivity contribution in [2.75, 3.05) is 23.8 Å². The number of amides is 2. The molecular weight excluding hydrogens is 1010 g/mol. The molecule has 1 atom stereocenters. The van der Waals surface area contributed by atoms with Crippen molar-refractivity contribution >= 4 is 126 Å². The monoisotopic (exact) mass is 1040 g/mol. The summed E-state index contributed by atoms with van der Waals surface area (Å²) < 4.78 is 29.7. The van der Waals surface area contributed by atoms with Crippen LogP contribution in [-0.4, -0.2) is 46.9 Å². The van der Waals surface area contributed by atoms with Crippen LogP contribution in [-0.2, 0) is 9.68 Å². The number of hydrogen-bond donors (Lipinski definition) is 6. The first kappa shape index (κ1) is 45.1. The van der Waals surface area contributed by atoms with Crippen molar-refractivity contribution in [2.24, 2.45) is 0 Å². The fourth-order valence-corrected chi connectivity index (χ4v) is 6.29. The van der Waals surface area contributed by atoms with Gasteiger partial charge in [-0.25, -0.2) is 19.7 Å². The highest BCUT2D eigenvalue weighted by Gasteiger charge is 2.23. The Morgan fingerprint density at radius 1 is 0.717 bits per heavy atom. The van der Waals surface area contributed by atoms with Gasteiger partial charge in [0.2, 0.25) is 0 Å². The van der Waals surface area contributed by atoms with Crippen LogP contribution in [0.4, 0.5) is 31.5 Å².